The number of nitrogens with one attached hydrogen (secondary N) is 1. The van der Waals surface area contributed by atoms with Gasteiger partial charge in [0.2, 0.25) is 5.91 Å². The summed E-state index contributed by atoms with van der Waals surface area (Å²) >= 11 is 0. The Kier molecular flexibility index (Phi) is 7.73. The Balaban J connectivity index is 2.23. The number of benzene rings is 3. The maximum atomic E-state index is 14.5. The van der Waals surface area contributed by atoms with Crippen LogP contribution in [0.25, 0.3) is 0 Å². The molecule has 0 aliphatic carbocycles. The van der Waals surface area contributed by atoms with Crippen molar-refractivity contribution in [1.82, 2.24) is 5.32 Å². The Morgan fingerprint density at radius 3 is 1.86 bits per heavy atom. The standard InChI is InChI=1S/C25H19F8NO2/c26-19-8-6-16(7-9-19)23(15-4-2-1-3-5-15,14-34-22(36)21(35)13-24(28,29)30)17-10-18(25(31,32)33)12-20(27)11-17/h1-12,21,35H,13-14H2,(H,34,36)/t21-,23?/m1/s1. The number of amides is 1. The Morgan fingerprint density at radius 2 is 1.31 bits per heavy atom. The molecule has 0 saturated heterocycles. The molecule has 0 heterocycles. The molecule has 36 heavy (non-hydrogen) atoms. The molecule has 0 radical (unpaired) electrons. The highest BCUT2D eigenvalue weighted by molar-refractivity contribution is 5.81. The predicted octanol–water partition coefficient (Wildman–Crippen LogP) is 5.75. The number of rotatable bonds is 7. The molecule has 0 aromatic heterocycles. The van der Waals surface area contributed by atoms with Gasteiger partial charge in [-0.1, -0.05) is 42.5 Å². The third-order valence-corrected chi connectivity index (χ3v) is 5.58. The summed E-state index contributed by atoms with van der Waals surface area (Å²) in [5.74, 6) is -3.39. The molecule has 3 aromatic rings. The first-order valence-corrected chi connectivity index (χ1v) is 10.4. The van der Waals surface area contributed by atoms with Gasteiger partial charge in [0.05, 0.1) is 17.4 Å². The average molecular weight is 517 g/mol. The first-order chi connectivity index (χ1) is 16.7. The van der Waals surface area contributed by atoms with E-state index in [4.69, 9.17) is 0 Å². The van der Waals surface area contributed by atoms with Crippen LogP contribution >= 0.6 is 0 Å². The van der Waals surface area contributed by atoms with Crippen molar-refractivity contribution in [2.24, 2.45) is 0 Å². The monoisotopic (exact) mass is 517 g/mol. The summed E-state index contributed by atoms with van der Waals surface area (Å²) < 4.78 is 107. The van der Waals surface area contributed by atoms with Gasteiger partial charge in [-0.3, -0.25) is 4.79 Å². The van der Waals surface area contributed by atoms with Crippen LogP contribution in [0.3, 0.4) is 0 Å². The molecule has 3 rings (SSSR count). The first kappa shape index (κ1) is 27.1. The van der Waals surface area contributed by atoms with Gasteiger partial charge in [-0.25, -0.2) is 8.78 Å². The number of hydrogen-bond acceptors (Lipinski definition) is 2. The highest BCUT2D eigenvalue weighted by atomic mass is 19.4. The summed E-state index contributed by atoms with van der Waals surface area (Å²) in [6.07, 6.45) is -14.2. The molecule has 11 heteroatoms. The number of carbonyl (C=O) groups excluding carboxylic acids is 1. The molecule has 0 fully saturated rings. The lowest BCUT2D eigenvalue weighted by Crippen LogP contribution is -2.46. The third-order valence-electron chi connectivity index (χ3n) is 5.58. The van der Waals surface area contributed by atoms with Crippen molar-refractivity contribution in [2.75, 3.05) is 6.54 Å². The van der Waals surface area contributed by atoms with Crippen molar-refractivity contribution in [3.05, 3.63) is 107 Å². The van der Waals surface area contributed by atoms with Crippen LogP contribution in [-0.2, 0) is 16.4 Å². The van der Waals surface area contributed by atoms with Crippen LogP contribution < -0.4 is 5.32 Å². The first-order valence-electron chi connectivity index (χ1n) is 10.4. The van der Waals surface area contributed by atoms with Crippen molar-refractivity contribution in [3.8, 4) is 0 Å². The Bertz CT molecular complexity index is 1190. The van der Waals surface area contributed by atoms with Gasteiger partial charge in [0.1, 0.15) is 17.7 Å². The topological polar surface area (TPSA) is 49.3 Å². The van der Waals surface area contributed by atoms with E-state index in [0.717, 1.165) is 18.2 Å². The minimum Gasteiger partial charge on any atom is -0.383 e. The van der Waals surface area contributed by atoms with Crippen molar-refractivity contribution in [2.45, 2.75) is 30.3 Å². The highest BCUT2D eigenvalue weighted by Gasteiger charge is 2.41. The quantitative estimate of drug-likeness (QED) is 0.310. The number of alkyl halides is 6. The zero-order chi connectivity index (χ0) is 26.7. The summed E-state index contributed by atoms with van der Waals surface area (Å²) in [5, 5.41) is 11.9. The maximum absolute atomic E-state index is 14.5. The molecule has 0 aliphatic heterocycles. The van der Waals surface area contributed by atoms with Crippen molar-refractivity contribution >= 4 is 5.91 Å². The number of carbonyl (C=O) groups is 1. The fourth-order valence-electron chi connectivity index (χ4n) is 3.91. The summed E-state index contributed by atoms with van der Waals surface area (Å²) in [6, 6.07) is 13.6. The SMILES string of the molecule is O=C(NCC(c1ccccc1)(c1ccc(F)cc1)c1cc(F)cc(C(F)(F)F)c1)[C@H](O)CC(F)(F)F. The Morgan fingerprint density at radius 1 is 0.750 bits per heavy atom. The Hall–Kier alpha value is -3.47. The van der Waals surface area contributed by atoms with Gasteiger partial charge in [0.25, 0.3) is 0 Å². The molecule has 192 valence electrons. The van der Waals surface area contributed by atoms with Gasteiger partial charge in [-0.2, -0.15) is 26.3 Å². The van der Waals surface area contributed by atoms with Gasteiger partial charge < -0.3 is 10.4 Å². The van der Waals surface area contributed by atoms with Crippen LogP contribution in [0.4, 0.5) is 35.1 Å². The van der Waals surface area contributed by atoms with E-state index in [-0.39, 0.29) is 22.8 Å². The smallest absolute Gasteiger partial charge is 0.383 e. The minimum atomic E-state index is -4.95. The van der Waals surface area contributed by atoms with Crippen LogP contribution in [0.1, 0.15) is 28.7 Å². The van der Waals surface area contributed by atoms with Gasteiger partial charge in [-0.05, 0) is 47.0 Å². The van der Waals surface area contributed by atoms with E-state index in [1.54, 1.807) is 6.07 Å². The van der Waals surface area contributed by atoms with E-state index in [1.807, 2.05) is 0 Å². The fraction of sp³-hybridized carbons (Fsp3) is 0.240. The second kappa shape index (κ2) is 10.3. The summed E-state index contributed by atoms with van der Waals surface area (Å²) in [7, 11) is 0. The van der Waals surface area contributed by atoms with Gasteiger partial charge in [0, 0.05) is 6.54 Å². The largest absolute Gasteiger partial charge is 0.416 e. The number of aliphatic hydroxyl groups is 1. The zero-order valence-corrected chi connectivity index (χ0v) is 18.3. The second-order valence-electron chi connectivity index (χ2n) is 8.06. The molecule has 3 aromatic carbocycles. The maximum Gasteiger partial charge on any atom is 0.416 e. The molecule has 0 spiro atoms. The van der Waals surface area contributed by atoms with Gasteiger partial charge in [-0.15, -0.1) is 0 Å². The third kappa shape index (κ3) is 6.20. The van der Waals surface area contributed by atoms with Crippen molar-refractivity contribution in [1.29, 1.82) is 0 Å². The van der Waals surface area contributed by atoms with Crippen LogP contribution in [0.5, 0.6) is 0 Å². The molecule has 2 N–H and O–H groups in total. The van der Waals surface area contributed by atoms with E-state index in [1.165, 1.54) is 36.4 Å². The normalized spacial score (nSPS) is 14.7. The molecule has 1 unspecified atom stereocenters. The molecule has 0 aliphatic rings. The van der Waals surface area contributed by atoms with Gasteiger partial charge >= 0.3 is 12.4 Å². The number of halogens is 8. The highest BCUT2D eigenvalue weighted by Crippen LogP contribution is 2.42. The number of hydrogen-bond donors (Lipinski definition) is 2. The van der Waals surface area contributed by atoms with E-state index < -0.39 is 59.9 Å². The predicted molar refractivity (Wildman–Crippen MR) is 114 cm³/mol. The van der Waals surface area contributed by atoms with Gasteiger partial charge in [0.15, 0.2) is 0 Å². The summed E-state index contributed by atoms with van der Waals surface area (Å²) in [6.45, 7) is -0.683. The number of aliphatic hydroxyl groups excluding tert-OH is 1. The van der Waals surface area contributed by atoms with Crippen molar-refractivity contribution in [3.63, 3.8) is 0 Å². The summed E-state index contributed by atoms with van der Waals surface area (Å²) in [5.41, 5.74) is -3.13. The molecule has 1 amide bonds. The molecular formula is C25H19F8NO2. The lowest BCUT2D eigenvalue weighted by molar-refractivity contribution is -0.163. The van der Waals surface area contributed by atoms with Crippen LogP contribution in [0, 0.1) is 11.6 Å². The molecular weight excluding hydrogens is 498 g/mol. The van der Waals surface area contributed by atoms with Crippen LogP contribution in [0.2, 0.25) is 0 Å². The molecule has 0 bridgehead atoms. The van der Waals surface area contributed by atoms with E-state index in [2.05, 4.69) is 5.32 Å². The van der Waals surface area contributed by atoms with E-state index >= 15 is 0 Å². The lowest BCUT2D eigenvalue weighted by Gasteiger charge is -2.37. The van der Waals surface area contributed by atoms with Crippen molar-refractivity contribution < 1.29 is 45.0 Å². The van der Waals surface area contributed by atoms with E-state index in [9.17, 15) is 45.0 Å². The van der Waals surface area contributed by atoms with Crippen LogP contribution in [0.15, 0.2) is 72.8 Å². The molecule has 0 saturated carbocycles. The van der Waals surface area contributed by atoms with Crippen LogP contribution in [-0.4, -0.2) is 29.8 Å². The minimum absolute atomic E-state index is 0.111. The molecule has 3 nitrogen and oxygen atoms in total. The molecule has 2 atom stereocenters. The Labute approximate surface area is 200 Å². The zero-order valence-electron chi connectivity index (χ0n) is 18.3. The fourth-order valence-corrected chi connectivity index (χ4v) is 3.91. The van der Waals surface area contributed by atoms with E-state index in [0.29, 0.717) is 6.07 Å². The second-order valence-corrected chi connectivity index (χ2v) is 8.06. The lowest BCUT2D eigenvalue weighted by atomic mass is 9.69. The summed E-state index contributed by atoms with van der Waals surface area (Å²) in [4.78, 5) is 12.3. The average Bonchev–Trinajstić information content (AvgIpc) is 2.79.